The average Bonchev–Trinajstić information content (AvgIpc) is 3.02. The first kappa shape index (κ1) is 13.4. The van der Waals surface area contributed by atoms with Crippen LogP contribution in [0.25, 0.3) is 0 Å². The van der Waals surface area contributed by atoms with Crippen molar-refractivity contribution in [3.63, 3.8) is 0 Å². The molecule has 1 fully saturated rings. The van der Waals surface area contributed by atoms with Gasteiger partial charge in [-0.15, -0.1) is 0 Å². The van der Waals surface area contributed by atoms with Crippen LogP contribution < -0.4 is 5.32 Å². The van der Waals surface area contributed by atoms with Gasteiger partial charge in [-0.2, -0.15) is 0 Å². The second-order valence-corrected chi connectivity index (χ2v) is 4.70. The fourth-order valence-electron chi connectivity index (χ4n) is 2.63. The van der Waals surface area contributed by atoms with E-state index < -0.39 is 0 Å². The van der Waals surface area contributed by atoms with Crippen LogP contribution in [0.15, 0.2) is 12.4 Å². The van der Waals surface area contributed by atoms with Gasteiger partial charge < -0.3 is 19.4 Å². The summed E-state index contributed by atoms with van der Waals surface area (Å²) in [5, 5.41) is 3.37. The fourth-order valence-corrected chi connectivity index (χ4v) is 2.63. The van der Waals surface area contributed by atoms with Gasteiger partial charge in [0.2, 0.25) is 5.95 Å². The highest BCUT2D eigenvalue weighted by atomic mass is 16.5. The van der Waals surface area contributed by atoms with Crippen molar-refractivity contribution in [2.24, 2.45) is 0 Å². The Bertz CT molecular complexity index is 354. The molecule has 2 unspecified atom stereocenters. The van der Waals surface area contributed by atoms with Crippen molar-refractivity contribution >= 4 is 5.95 Å². The molecule has 2 atom stereocenters. The van der Waals surface area contributed by atoms with Crippen molar-refractivity contribution in [1.29, 1.82) is 0 Å². The summed E-state index contributed by atoms with van der Waals surface area (Å²) < 4.78 is 12.8. The van der Waals surface area contributed by atoms with E-state index >= 15 is 0 Å². The summed E-state index contributed by atoms with van der Waals surface area (Å²) in [4.78, 5) is 4.38. The highest BCUT2D eigenvalue weighted by molar-refractivity contribution is 5.27. The highest BCUT2D eigenvalue weighted by Gasteiger charge is 2.29. The Labute approximate surface area is 108 Å². The van der Waals surface area contributed by atoms with Crippen LogP contribution in [0.2, 0.25) is 0 Å². The van der Waals surface area contributed by atoms with E-state index in [1.807, 2.05) is 12.4 Å². The maximum absolute atomic E-state index is 5.55. The molecule has 1 N–H and O–H groups in total. The first-order valence-electron chi connectivity index (χ1n) is 6.65. The molecule has 1 aliphatic carbocycles. The van der Waals surface area contributed by atoms with Crippen LogP contribution in [0.1, 0.15) is 31.7 Å². The van der Waals surface area contributed by atoms with Crippen LogP contribution in [-0.2, 0) is 9.47 Å². The van der Waals surface area contributed by atoms with Crippen LogP contribution in [0.4, 0.5) is 5.95 Å². The van der Waals surface area contributed by atoms with Gasteiger partial charge in [0, 0.05) is 39.8 Å². The number of nitrogens with one attached hydrogen (secondary N) is 1. The van der Waals surface area contributed by atoms with Crippen molar-refractivity contribution in [3.8, 4) is 0 Å². The molecule has 5 heteroatoms. The molecule has 18 heavy (non-hydrogen) atoms. The summed E-state index contributed by atoms with van der Waals surface area (Å²) >= 11 is 0. The third-order valence-electron chi connectivity index (χ3n) is 3.55. The average molecular weight is 253 g/mol. The number of nitrogens with zero attached hydrogens (tertiary/aromatic N) is 2. The number of methoxy groups -OCH3 is 2. The largest absolute Gasteiger partial charge is 0.385 e. The highest BCUT2D eigenvalue weighted by Crippen LogP contribution is 2.33. The van der Waals surface area contributed by atoms with Gasteiger partial charge in [0.15, 0.2) is 0 Å². The molecule has 0 radical (unpaired) electrons. The Morgan fingerprint density at radius 1 is 1.44 bits per heavy atom. The van der Waals surface area contributed by atoms with Crippen molar-refractivity contribution < 1.29 is 9.47 Å². The molecule has 1 heterocycles. The molecular formula is C13H23N3O2. The second-order valence-electron chi connectivity index (χ2n) is 4.70. The number of ether oxygens (including phenoxy) is 2. The Hall–Kier alpha value is -1.07. The van der Waals surface area contributed by atoms with Crippen molar-refractivity contribution in [3.05, 3.63) is 12.4 Å². The lowest BCUT2D eigenvalue weighted by atomic mass is 10.2. The van der Waals surface area contributed by atoms with Crippen molar-refractivity contribution in [2.45, 2.75) is 37.8 Å². The smallest absolute Gasteiger partial charge is 0.203 e. The van der Waals surface area contributed by atoms with E-state index in [-0.39, 0.29) is 0 Å². The predicted octanol–water partition coefficient (Wildman–Crippen LogP) is 2.07. The molecule has 1 aromatic rings. The lowest BCUT2D eigenvalue weighted by Crippen LogP contribution is -2.22. The molecule has 0 aromatic carbocycles. The number of imidazole rings is 1. The molecule has 1 aromatic heterocycles. The summed E-state index contributed by atoms with van der Waals surface area (Å²) in [7, 11) is 3.52. The maximum atomic E-state index is 5.55. The minimum absolute atomic E-state index is 0.318. The molecular weight excluding hydrogens is 230 g/mol. The molecule has 5 nitrogen and oxygen atoms in total. The van der Waals surface area contributed by atoms with Gasteiger partial charge in [-0.1, -0.05) is 0 Å². The fraction of sp³-hybridized carbons (Fsp3) is 0.769. The molecule has 0 aliphatic heterocycles. The zero-order chi connectivity index (χ0) is 12.8. The van der Waals surface area contributed by atoms with E-state index in [0.29, 0.717) is 12.1 Å². The van der Waals surface area contributed by atoms with E-state index in [2.05, 4.69) is 14.9 Å². The monoisotopic (exact) mass is 253 g/mol. The minimum atomic E-state index is 0.318. The van der Waals surface area contributed by atoms with E-state index in [0.717, 1.165) is 31.9 Å². The number of hydrogen-bond acceptors (Lipinski definition) is 4. The van der Waals surface area contributed by atoms with Crippen LogP contribution >= 0.6 is 0 Å². The number of rotatable bonds is 7. The Kier molecular flexibility index (Phi) is 5.01. The number of hydrogen-bond donors (Lipinski definition) is 1. The van der Waals surface area contributed by atoms with Crippen molar-refractivity contribution in [1.82, 2.24) is 9.55 Å². The van der Waals surface area contributed by atoms with Crippen LogP contribution in [0, 0.1) is 0 Å². The molecule has 0 spiro atoms. The zero-order valence-electron chi connectivity index (χ0n) is 11.3. The predicted molar refractivity (Wildman–Crippen MR) is 70.9 cm³/mol. The van der Waals surface area contributed by atoms with Gasteiger partial charge >= 0.3 is 0 Å². The Morgan fingerprint density at radius 3 is 3.11 bits per heavy atom. The lowest BCUT2D eigenvalue weighted by Gasteiger charge is -2.22. The number of anilines is 1. The SMILES string of the molecule is COCCCNc1nccn1C1CCCC1OC. The van der Waals surface area contributed by atoms with Crippen molar-refractivity contribution in [2.75, 3.05) is 32.7 Å². The van der Waals surface area contributed by atoms with Crippen LogP contribution in [-0.4, -0.2) is 43.0 Å². The summed E-state index contributed by atoms with van der Waals surface area (Å²) in [6.07, 6.45) is 8.74. The van der Waals surface area contributed by atoms with Crippen LogP contribution in [0.3, 0.4) is 0 Å². The molecule has 1 aliphatic rings. The van der Waals surface area contributed by atoms with Gasteiger partial charge in [-0.05, 0) is 25.7 Å². The lowest BCUT2D eigenvalue weighted by molar-refractivity contribution is 0.0755. The molecule has 102 valence electrons. The Balaban J connectivity index is 1.94. The second kappa shape index (κ2) is 6.75. The van der Waals surface area contributed by atoms with E-state index in [1.165, 1.54) is 12.8 Å². The van der Waals surface area contributed by atoms with E-state index in [4.69, 9.17) is 9.47 Å². The normalized spacial score (nSPS) is 23.4. The Morgan fingerprint density at radius 2 is 2.33 bits per heavy atom. The molecule has 0 saturated heterocycles. The topological polar surface area (TPSA) is 48.3 Å². The summed E-state index contributed by atoms with van der Waals surface area (Å²) in [6.45, 7) is 1.66. The molecule has 0 amide bonds. The maximum Gasteiger partial charge on any atom is 0.203 e. The third-order valence-corrected chi connectivity index (χ3v) is 3.55. The summed E-state index contributed by atoms with van der Waals surface area (Å²) in [5.41, 5.74) is 0. The van der Waals surface area contributed by atoms with Gasteiger partial charge in [0.25, 0.3) is 0 Å². The first-order chi connectivity index (χ1) is 8.86. The molecule has 0 bridgehead atoms. The number of aromatic nitrogens is 2. The minimum Gasteiger partial charge on any atom is -0.385 e. The van der Waals surface area contributed by atoms with Gasteiger partial charge in [0.05, 0.1) is 12.1 Å². The van der Waals surface area contributed by atoms with Gasteiger partial charge in [-0.3, -0.25) is 0 Å². The quantitative estimate of drug-likeness (QED) is 0.756. The summed E-state index contributed by atoms with van der Waals surface area (Å²) in [5.74, 6) is 0.944. The first-order valence-corrected chi connectivity index (χ1v) is 6.65. The summed E-state index contributed by atoms with van der Waals surface area (Å²) in [6, 6.07) is 0.419. The zero-order valence-corrected chi connectivity index (χ0v) is 11.3. The van der Waals surface area contributed by atoms with Gasteiger partial charge in [0.1, 0.15) is 0 Å². The molecule has 1 saturated carbocycles. The third kappa shape index (κ3) is 3.03. The van der Waals surface area contributed by atoms with Crippen LogP contribution in [0.5, 0.6) is 0 Å². The van der Waals surface area contributed by atoms with E-state index in [9.17, 15) is 0 Å². The standard InChI is InChI=1S/C13H23N3O2/c1-17-10-4-7-14-13-15-8-9-16(13)11-5-3-6-12(11)18-2/h8-9,11-12H,3-7,10H2,1-2H3,(H,14,15). The van der Waals surface area contributed by atoms with E-state index in [1.54, 1.807) is 14.2 Å². The van der Waals surface area contributed by atoms with Gasteiger partial charge in [-0.25, -0.2) is 4.98 Å². The molecule has 2 rings (SSSR count).